The minimum Gasteiger partial charge on any atom is -0.245 e. The third-order valence-electron chi connectivity index (χ3n) is 1.11. The second kappa shape index (κ2) is 2.90. The first-order valence-corrected chi connectivity index (χ1v) is 2.82. The summed E-state index contributed by atoms with van der Waals surface area (Å²) in [6.45, 7) is 0.696. The van der Waals surface area contributed by atoms with Crippen LogP contribution in [0.3, 0.4) is 0 Å². The number of hydrogen-bond acceptors (Lipinski definition) is 4. The van der Waals surface area contributed by atoms with Gasteiger partial charge in [-0.3, -0.25) is 0 Å². The summed E-state index contributed by atoms with van der Waals surface area (Å²) >= 11 is 0. The highest BCUT2D eigenvalue weighted by Gasteiger charge is 2.22. The molecule has 1 aliphatic rings. The Bertz CT molecular complexity index is 213. The maximum absolute atomic E-state index is 9.97. The first-order chi connectivity index (χ1) is 5.24. The van der Waals surface area contributed by atoms with Gasteiger partial charge in [-0.2, -0.15) is 5.01 Å². The zero-order valence-electron chi connectivity index (χ0n) is 5.47. The molecule has 0 aliphatic carbocycles. The molecule has 0 saturated heterocycles. The fourth-order valence-electron chi connectivity index (χ4n) is 0.696. The van der Waals surface area contributed by atoms with Crippen LogP contribution in [-0.4, -0.2) is 34.3 Å². The van der Waals surface area contributed by atoms with Crippen LogP contribution in [0.2, 0.25) is 0 Å². The van der Waals surface area contributed by atoms with Gasteiger partial charge < -0.3 is 0 Å². The molecule has 8 nitrogen and oxygen atoms in total. The van der Waals surface area contributed by atoms with Crippen LogP contribution in [0.25, 0.3) is 0 Å². The SMILES string of the molecule is O=NN1CCN=C1N[N+](=O)O. The van der Waals surface area contributed by atoms with Crippen LogP contribution in [0.1, 0.15) is 0 Å². The first kappa shape index (κ1) is 7.38. The molecule has 0 aromatic heterocycles. The Morgan fingerprint density at radius 2 is 2.55 bits per heavy atom. The molecular weight excluding hydrogens is 154 g/mol. The molecule has 1 rings (SSSR count). The summed E-state index contributed by atoms with van der Waals surface area (Å²) in [5.41, 5.74) is 1.86. The molecule has 0 bridgehead atoms. The first-order valence-electron chi connectivity index (χ1n) is 2.82. The second-order valence-corrected chi connectivity index (χ2v) is 1.79. The average molecular weight is 160 g/mol. The number of rotatable bonds is 2. The Morgan fingerprint density at radius 1 is 1.82 bits per heavy atom. The predicted molar refractivity (Wildman–Crippen MR) is 33.4 cm³/mol. The molecule has 0 saturated carbocycles. The molecule has 2 N–H and O–H groups in total. The smallest absolute Gasteiger partial charge is 0.245 e. The molecule has 0 atom stereocenters. The number of aliphatic imine (C=N–C) groups is 1. The van der Waals surface area contributed by atoms with Crippen LogP contribution in [0.15, 0.2) is 10.3 Å². The zero-order valence-corrected chi connectivity index (χ0v) is 5.47. The number of hydrazine groups is 1. The number of nitrogens with one attached hydrogen (secondary N) is 1. The Hall–Kier alpha value is -1.73. The third-order valence-corrected chi connectivity index (χ3v) is 1.11. The van der Waals surface area contributed by atoms with E-state index in [0.29, 0.717) is 13.1 Å². The van der Waals surface area contributed by atoms with Gasteiger partial charge in [0.05, 0.1) is 18.4 Å². The number of guanidine groups is 1. The van der Waals surface area contributed by atoms with Crippen LogP contribution in [-0.2, 0) is 0 Å². The normalized spacial score (nSPS) is 16.0. The third kappa shape index (κ3) is 1.60. The monoisotopic (exact) mass is 160 g/mol. The van der Waals surface area contributed by atoms with Gasteiger partial charge in [0.25, 0.3) is 5.96 Å². The van der Waals surface area contributed by atoms with Crippen LogP contribution >= 0.6 is 0 Å². The van der Waals surface area contributed by atoms with E-state index in [1.54, 1.807) is 0 Å². The molecule has 60 valence electrons. The molecular formula is C3H6N5O3+. The number of hydrogen-bond donors (Lipinski definition) is 2. The Balaban J connectivity index is 2.55. The molecule has 0 spiro atoms. The summed E-state index contributed by atoms with van der Waals surface area (Å²) < 4.78 is 0. The quantitative estimate of drug-likeness (QED) is 0.399. The lowest BCUT2D eigenvalue weighted by Crippen LogP contribution is -2.39. The van der Waals surface area contributed by atoms with E-state index in [0.717, 1.165) is 5.01 Å². The van der Waals surface area contributed by atoms with Gasteiger partial charge in [0.2, 0.25) is 0 Å². The van der Waals surface area contributed by atoms with Crippen molar-refractivity contribution in [2.75, 3.05) is 13.1 Å². The minimum atomic E-state index is -0.539. The Morgan fingerprint density at radius 3 is 3.09 bits per heavy atom. The lowest BCUT2D eigenvalue weighted by atomic mass is 10.7. The minimum absolute atomic E-state index is 0.0440. The molecule has 1 aliphatic heterocycles. The maximum Gasteiger partial charge on any atom is 0.362 e. The molecule has 11 heavy (non-hydrogen) atoms. The highest BCUT2D eigenvalue weighted by molar-refractivity contribution is 5.79. The van der Waals surface area contributed by atoms with E-state index in [9.17, 15) is 9.81 Å². The Kier molecular flexibility index (Phi) is 1.95. The second-order valence-electron chi connectivity index (χ2n) is 1.79. The summed E-state index contributed by atoms with van der Waals surface area (Å²) in [6, 6.07) is 0. The molecule has 0 aromatic rings. The van der Waals surface area contributed by atoms with Crippen molar-refractivity contribution in [1.29, 1.82) is 0 Å². The van der Waals surface area contributed by atoms with Gasteiger partial charge in [0, 0.05) is 0 Å². The number of nitroso groups, excluding NO2 is 1. The summed E-state index contributed by atoms with van der Waals surface area (Å²) in [6.07, 6.45) is 0. The van der Waals surface area contributed by atoms with Gasteiger partial charge in [-0.25, -0.2) is 10.2 Å². The summed E-state index contributed by atoms with van der Waals surface area (Å²) in [4.78, 5) is 23.6. The van der Waals surface area contributed by atoms with Crippen LogP contribution in [0.5, 0.6) is 0 Å². The highest BCUT2D eigenvalue weighted by Crippen LogP contribution is 1.98. The molecule has 8 heteroatoms. The summed E-state index contributed by atoms with van der Waals surface area (Å²) in [7, 11) is 0. The van der Waals surface area contributed by atoms with Crippen molar-refractivity contribution >= 4 is 5.96 Å². The highest BCUT2D eigenvalue weighted by atomic mass is 16.7. The number of nitrogens with zero attached hydrogens (tertiary/aromatic N) is 4. The van der Waals surface area contributed by atoms with E-state index < -0.39 is 5.03 Å². The molecule has 0 unspecified atom stereocenters. The van der Waals surface area contributed by atoms with E-state index in [4.69, 9.17) is 5.21 Å². The van der Waals surface area contributed by atoms with Gasteiger partial charge in [-0.15, -0.1) is 4.91 Å². The lowest BCUT2D eigenvalue weighted by Gasteiger charge is -2.02. The standard InChI is InChI=1S/C3H6N5O3/c9-6-7-2-1-4-3(7)5-8(10)11/h1-2H2,(H,4,5)(H,10,11)/q+1. The van der Waals surface area contributed by atoms with Crippen LogP contribution in [0.4, 0.5) is 0 Å². The van der Waals surface area contributed by atoms with Gasteiger partial charge >= 0.3 is 5.03 Å². The fourth-order valence-corrected chi connectivity index (χ4v) is 0.696. The van der Waals surface area contributed by atoms with Crippen molar-refractivity contribution in [3.8, 4) is 0 Å². The summed E-state index contributed by atoms with van der Waals surface area (Å²) in [5.74, 6) is -0.0440. The fraction of sp³-hybridized carbons (Fsp3) is 0.667. The summed E-state index contributed by atoms with van der Waals surface area (Å²) in [5, 5.41) is 11.1. The van der Waals surface area contributed by atoms with Crippen molar-refractivity contribution in [1.82, 2.24) is 10.4 Å². The van der Waals surface area contributed by atoms with Gasteiger partial charge in [-0.05, 0) is 5.43 Å². The largest absolute Gasteiger partial charge is 0.362 e. The molecule has 0 fully saturated rings. The van der Waals surface area contributed by atoms with E-state index in [2.05, 4.69) is 10.3 Å². The van der Waals surface area contributed by atoms with Crippen molar-refractivity contribution in [2.45, 2.75) is 0 Å². The van der Waals surface area contributed by atoms with Crippen molar-refractivity contribution in [3.63, 3.8) is 0 Å². The molecule has 1 heterocycles. The maximum atomic E-state index is 9.97. The zero-order chi connectivity index (χ0) is 8.27. The topological polar surface area (TPSA) is 97.4 Å². The van der Waals surface area contributed by atoms with Crippen molar-refractivity contribution in [2.24, 2.45) is 10.3 Å². The van der Waals surface area contributed by atoms with Gasteiger partial charge in [0.15, 0.2) is 0 Å². The van der Waals surface area contributed by atoms with E-state index in [-0.39, 0.29) is 5.96 Å². The van der Waals surface area contributed by atoms with E-state index in [1.807, 2.05) is 5.43 Å². The van der Waals surface area contributed by atoms with Gasteiger partial charge in [0.1, 0.15) is 4.91 Å². The van der Waals surface area contributed by atoms with Crippen LogP contribution < -0.4 is 5.43 Å². The molecule has 0 radical (unpaired) electrons. The van der Waals surface area contributed by atoms with Crippen molar-refractivity contribution < 1.29 is 10.2 Å². The predicted octanol–water partition coefficient (Wildman–Crippen LogP) is -0.988. The molecule has 0 aromatic carbocycles. The van der Waals surface area contributed by atoms with Gasteiger partial charge in [-0.1, -0.05) is 0 Å². The lowest BCUT2D eigenvalue weighted by molar-refractivity contribution is -0.822. The van der Waals surface area contributed by atoms with E-state index in [1.165, 1.54) is 0 Å². The van der Waals surface area contributed by atoms with Crippen LogP contribution in [0, 0.1) is 9.81 Å². The van der Waals surface area contributed by atoms with E-state index >= 15 is 0 Å². The molecule has 0 amide bonds. The average Bonchev–Trinajstić information content (AvgIpc) is 2.34. The van der Waals surface area contributed by atoms with Crippen molar-refractivity contribution in [3.05, 3.63) is 9.81 Å². The Labute approximate surface area is 61.0 Å².